The van der Waals surface area contributed by atoms with Gasteiger partial charge in [0, 0.05) is 24.2 Å². The highest BCUT2D eigenvalue weighted by Crippen LogP contribution is 2.20. The molecular formula is C16H13NO2. The molecular weight excluding hydrogens is 238 g/mol. The summed E-state index contributed by atoms with van der Waals surface area (Å²) in [5.41, 5.74) is 1.82. The maximum atomic E-state index is 12.1. The van der Waals surface area contributed by atoms with Gasteiger partial charge in [-0.2, -0.15) is 0 Å². The van der Waals surface area contributed by atoms with Gasteiger partial charge in [0.15, 0.2) is 11.5 Å². The highest BCUT2D eigenvalue weighted by atomic mass is 16.3. The fourth-order valence-corrected chi connectivity index (χ4v) is 2.05. The molecule has 0 spiro atoms. The first-order valence-electron chi connectivity index (χ1n) is 6.23. The Hall–Kier alpha value is -2.42. The van der Waals surface area contributed by atoms with E-state index in [2.05, 4.69) is 4.98 Å². The van der Waals surface area contributed by atoms with Crippen LogP contribution in [0.2, 0.25) is 0 Å². The Morgan fingerprint density at radius 2 is 2.05 bits per heavy atom. The molecule has 2 aromatic heterocycles. The molecule has 0 aliphatic carbocycles. The fraction of sp³-hybridized carbons (Fsp3) is 0.125. The zero-order valence-electron chi connectivity index (χ0n) is 10.4. The summed E-state index contributed by atoms with van der Waals surface area (Å²) >= 11 is 0. The number of para-hydroxylation sites is 1. The lowest BCUT2D eigenvalue weighted by Gasteiger charge is -1.98. The Labute approximate surface area is 110 Å². The van der Waals surface area contributed by atoms with Crippen LogP contribution in [-0.2, 0) is 6.42 Å². The van der Waals surface area contributed by atoms with Gasteiger partial charge < -0.3 is 4.42 Å². The lowest BCUT2D eigenvalue weighted by Crippen LogP contribution is -1.99. The molecule has 0 aliphatic rings. The Morgan fingerprint density at radius 1 is 1.16 bits per heavy atom. The molecule has 3 rings (SSSR count). The zero-order valence-corrected chi connectivity index (χ0v) is 10.4. The first-order valence-corrected chi connectivity index (χ1v) is 6.23. The van der Waals surface area contributed by atoms with Gasteiger partial charge in [-0.15, -0.1) is 0 Å². The van der Waals surface area contributed by atoms with E-state index in [1.165, 1.54) is 0 Å². The third-order valence-corrected chi connectivity index (χ3v) is 3.06. The molecule has 0 N–H and O–H groups in total. The molecule has 0 radical (unpaired) electrons. The van der Waals surface area contributed by atoms with E-state index in [0.717, 1.165) is 16.5 Å². The van der Waals surface area contributed by atoms with E-state index in [4.69, 9.17) is 4.42 Å². The number of pyridine rings is 1. The average molecular weight is 251 g/mol. The van der Waals surface area contributed by atoms with E-state index in [9.17, 15) is 4.79 Å². The van der Waals surface area contributed by atoms with Crippen molar-refractivity contribution in [1.29, 1.82) is 0 Å². The lowest BCUT2D eigenvalue weighted by molar-refractivity contribution is 0.0958. The summed E-state index contributed by atoms with van der Waals surface area (Å²) in [5, 5.41) is 0.965. The quantitative estimate of drug-likeness (QED) is 0.665. The summed E-state index contributed by atoms with van der Waals surface area (Å²) in [4.78, 5) is 16.1. The molecule has 3 aromatic rings. The summed E-state index contributed by atoms with van der Waals surface area (Å²) in [6.07, 6.45) is 4.63. The summed E-state index contributed by atoms with van der Waals surface area (Å²) in [6, 6.07) is 13.3. The monoisotopic (exact) mass is 251 g/mol. The summed E-state index contributed by atoms with van der Waals surface area (Å²) in [7, 11) is 0. The molecule has 0 unspecified atom stereocenters. The number of furan rings is 1. The molecule has 3 nitrogen and oxygen atoms in total. The van der Waals surface area contributed by atoms with Crippen molar-refractivity contribution < 1.29 is 9.21 Å². The van der Waals surface area contributed by atoms with Crippen LogP contribution in [0.4, 0.5) is 0 Å². The standard InChI is InChI=1S/C16H13NO2/c18-14(8-7-12-4-3-9-17-11-12)16-10-13-5-1-2-6-15(13)19-16/h1-6,9-11H,7-8H2. The Balaban J connectivity index is 1.73. The van der Waals surface area contributed by atoms with E-state index in [0.29, 0.717) is 18.6 Å². The topological polar surface area (TPSA) is 43.1 Å². The van der Waals surface area contributed by atoms with Crippen molar-refractivity contribution in [3.8, 4) is 0 Å². The number of aryl methyl sites for hydroxylation is 1. The molecule has 2 heterocycles. The summed E-state index contributed by atoms with van der Waals surface area (Å²) in [6.45, 7) is 0. The van der Waals surface area contributed by atoms with Gasteiger partial charge in [-0.25, -0.2) is 0 Å². The number of aromatic nitrogens is 1. The fourth-order valence-electron chi connectivity index (χ4n) is 2.05. The number of carbonyl (C=O) groups is 1. The van der Waals surface area contributed by atoms with Crippen LogP contribution in [0.25, 0.3) is 11.0 Å². The first-order chi connectivity index (χ1) is 9.33. The van der Waals surface area contributed by atoms with Crippen LogP contribution in [0.5, 0.6) is 0 Å². The van der Waals surface area contributed by atoms with Crippen LogP contribution in [0.3, 0.4) is 0 Å². The normalized spacial score (nSPS) is 10.7. The van der Waals surface area contributed by atoms with Gasteiger partial charge in [0.25, 0.3) is 0 Å². The van der Waals surface area contributed by atoms with Crippen molar-refractivity contribution in [2.75, 3.05) is 0 Å². The second-order valence-corrected chi connectivity index (χ2v) is 4.43. The van der Waals surface area contributed by atoms with E-state index >= 15 is 0 Å². The van der Waals surface area contributed by atoms with Crippen LogP contribution in [-0.4, -0.2) is 10.8 Å². The van der Waals surface area contributed by atoms with E-state index in [1.807, 2.05) is 36.4 Å². The minimum absolute atomic E-state index is 0.0278. The second-order valence-electron chi connectivity index (χ2n) is 4.43. The van der Waals surface area contributed by atoms with Crippen molar-refractivity contribution in [2.24, 2.45) is 0 Å². The molecule has 0 atom stereocenters. The minimum atomic E-state index is 0.0278. The number of hydrogen-bond donors (Lipinski definition) is 0. The van der Waals surface area contributed by atoms with Gasteiger partial charge in [-0.3, -0.25) is 9.78 Å². The number of fused-ring (bicyclic) bond motifs is 1. The van der Waals surface area contributed by atoms with Gasteiger partial charge in [-0.1, -0.05) is 24.3 Å². The number of ketones is 1. The van der Waals surface area contributed by atoms with Crippen molar-refractivity contribution in [3.63, 3.8) is 0 Å². The van der Waals surface area contributed by atoms with Crippen LogP contribution in [0.15, 0.2) is 59.3 Å². The minimum Gasteiger partial charge on any atom is -0.453 e. The highest BCUT2D eigenvalue weighted by Gasteiger charge is 2.11. The van der Waals surface area contributed by atoms with Gasteiger partial charge >= 0.3 is 0 Å². The summed E-state index contributed by atoms with van der Waals surface area (Å²) < 4.78 is 5.55. The second kappa shape index (κ2) is 5.06. The third kappa shape index (κ3) is 2.55. The van der Waals surface area contributed by atoms with Crippen LogP contribution < -0.4 is 0 Å². The number of benzene rings is 1. The molecule has 0 bridgehead atoms. The maximum Gasteiger partial charge on any atom is 0.198 e. The molecule has 19 heavy (non-hydrogen) atoms. The molecule has 0 saturated heterocycles. The number of Topliss-reactive ketones (excluding diaryl/α,β-unsaturated/α-hetero) is 1. The molecule has 0 aliphatic heterocycles. The molecule has 3 heteroatoms. The molecule has 94 valence electrons. The first kappa shape index (κ1) is 11.7. The van der Waals surface area contributed by atoms with Crippen molar-refractivity contribution in [3.05, 3.63) is 66.2 Å². The van der Waals surface area contributed by atoms with Crippen LogP contribution >= 0.6 is 0 Å². The third-order valence-electron chi connectivity index (χ3n) is 3.06. The average Bonchev–Trinajstić information content (AvgIpc) is 2.90. The predicted octanol–water partition coefficient (Wildman–Crippen LogP) is 3.64. The van der Waals surface area contributed by atoms with Crippen molar-refractivity contribution in [2.45, 2.75) is 12.8 Å². The predicted molar refractivity (Wildman–Crippen MR) is 73.1 cm³/mol. The number of nitrogens with zero attached hydrogens (tertiary/aromatic N) is 1. The van der Waals surface area contributed by atoms with Crippen molar-refractivity contribution in [1.82, 2.24) is 4.98 Å². The number of hydrogen-bond acceptors (Lipinski definition) is 3. The largest absolute Gasteiger partial charge is 0.453 e. The van der Waals surface area contributed by atoms with E-state index < -0.39 is 0 Å². The Bertz CT molecular complexity index is 668. The van der Waals surface area contributed by atoms with Crippen LogP contribution in [0.1, 0.15) is 22.5 Å². The number of rotatable bonds is 4. The van der Waals surface area contributed by atoms with Gasteiger partial charge in [0.1, 0.15) is 5.58 Å². The van der Waals surface area contributed by atoms with Gasteiger partial charge in [-0.05, 0) is 30.2 Å². The smallest absolute Gasteiger partial charge is 0.198 e. The lowest BCUT2D eigenvalue weighted by atomic mass is 10.1. The van der Waals surface area contributed by atoms with E-state index in [1.54, 1.807) is 18.5 Å². The zero-order chi connectivity index (χ0) is 13.1. The van der Waals surface area contributed by atoms with Gasteiger partial charge in [0.2, 0.25) is 0 Å². The highest BCUT2D eigenvalue weighted by molar-refractivity contribution is 5.97. The molecule has 0 fully saturated rings. The maximum absolute atomic E-state index is 12.1. The van der Waals surface area contributed by atoms with E-state index in [-0.39, 0.29) is 5.78 Å². The van der Waals surface area contributed by atoms with Gasteiger partial charge in [0.05, 0.1) is 0 Å². The SMILES string of the molecule is O=C(CCc1cccnc1)c1cc2ccccc2o1. The summed E-state index contributed by atoms with van der Waals surface area (Å²) in [5.74, 6) is 0.463. The molecule has 0 amide bonds. The van der Waals surface area contributed by atoms with Crippen LogP contribution in [0, 0.1) is 0 Å². The Kier molecular flexibility index (Phi) is 3.11. The van der Waals surface area contributed by atoms with Crippen molar-refractivity contribution >= 4 is 16.8 Å². The number of carbonyl (C=O) groups excluding carboxylic acids is 1. The molecule has 0 saturated carbocycles. The molecule has 1 aromatic carbocycles. The Morgan fingerprint density at radius 3 is 2.84 bits per heavy atom.